The Morgan fingerprint density at radius 3 is 2.13 bits per heavy atom. The van der Waals surface area contributed by atoms with Crippen LogP contribution in [0.3, 0.4) is 0 Å². The van der Waals surface area contributed by atoms with E-state index in [1.54, 1.807) is 0 Å². The average Bonchev–Trinajstić information content (AvgIpc) is 2.55. The minimum atomic E-state index is 0.0855. The molecule has 5 nitrogen and oxygen atoms in total. The molecule has 2 saturated heterocycles. The fourth-order valence-electron chi connectivity index (χ4n) is 3.43. The lowest BCUT2D eigenvalue weighted by atomic mass is 9.94. The Kier molecular flexibility index (Phi) is 6.45. The highest BCUT2D eigenvalue weighted by Gasteiger charge is 2.30. The molecule has 2 heterocycles. The second-order valence-corrected chi connectivity index (χ2v) is 7.66. The zero-order valence-electron chi connectivity index (χ0n) is 15.3. The molecule has 0 aliphatic carbocycles. The largest absolute Gasteiger partial charge is 0.343 e. The number of carbonyl (C=O) groups is 2. The molecule has 132 valence electrons. The van der Waals surface area contributed by atoms with E-state index in [2.05, 4.69) is 11.8 Å². The Balaban J connectivity index is 1.75. The van der Waals surface area contributed by atoms with Crippen LogP contribution in [0.2, 0.25) is 0 Å². The van der Waals surface area contributed by atoms with Gasteiger partial charge < -0.3 is 9.80 Å². The van der Waals surface area contributed by atoms with Crippen molar-refractivity contribution in [2.75, 3.05) is 39.8 Å². The summed E-state index contributed by atoms with van der Waals surface area (Å²) in [6.45, 7) is 10.5. The lowest BCUT2D eigenvalue weighted by Gasteiger charge is -2.36. The van der Waals surface area contributed by atoms with E-state index in [1.807, 2.05) is 30.7 Å². The number of amides is 2. The van der Waals surface area contributed by atoms with Gasteiger partial charge in [-0.05, 0) is 58.5 Å². The molecule has 0 unspecified atom stereocenters. The van der Waals surface area contributed by atoms with Gasteiger partial charge in [-0.15, -0.1) is 0 Å². The van der Waals surface area contributed by atoms with E-state index in [9.17, 15) is 9.59 Å². The summed E-state index contributed by atoms with van der Waals surface area (Å²) >= 11 is 0. The third-order valence-electron chi connectivity index (χ3n) is 5.55. The average molecular weight is 323 g/mol. The van der Waals surface area contributed by atoms with Crippen molar-refractivity contribution < 1.29 is 9.59 Å². The summed E-state index contributed by atoms with van der Waals surface area (Å²) in [6.07, 6.45) is 4.01. The van der Waals surface area contributed by atoms with Crippen molar-refractivity contribution in [3.8, 4) is 0 Å². The van der Waals surface area contributed by atoms with Gasteiger partial charge in [-0.1, -0.05) is 6.92 Å². The van der Waals surface area contributed by atoms with Crippen LogP contribution in [0.4, 0.5) is 0 Å². The van der Waals surface area contributed by atoms with Crippen molar-refractivity contribution in [3.63, 3.8) is 0 Å². The molecule has 2 amide bonds. The summed E-state index contributed by atoms with van der Waals surface area (Å²) in [5, 5.41) is 0. The standard InChI is InChI=1S/C18H33N3O2/c1-14(2)19(4)18(23)16-7-11-21(12-8-16)17(22)13-20-9-5-15(3)6-10-20/h14-16H,5-13H2,1-4H3. The fraction of sp³-hybridized carbons (Fsp3) is 0.889. The number of piperidine rings is 2. The SMILES string of the molecule is CC1CCN(CC(=O)N2CCC(C(=O)N(C)C(C)C)CC2)CC1. The van der Waals surface area contributed by atoms with Gasteiger partial charge in [0.2, 0.25) is 11.8 Å². The molecule has 0 radical (unpaired) electrons. The molecule has 2 rings (SSSR count). The minimum Gasteiger partial charge on any atom is -0.343 e. The van der Waals surface area contributed by atoms with Crippen LogP contribution in [-0.4, -0.2) is 72.3 Å². The second kappa shape index (κ2) is 8.13. The van der Waals surface area contributed by atoms with Crippen LogP contribution >= 0.6 is 0 Å². The highest BCUT2D eigenvalue weighted by molar-refractivity contribution is 5.81. The predicted molar refractivity (Wildman–Crippen MR) is 92.0 cm³/mol. The Labute approximate surface area is 141 Å². The molecular weight excluding hydrogens is 290 g/mol. The van der Waals surface area contributed by atoms with Gasteiger partial charge in [0.1, 0.15) is 0 Å². The van der Waals surface area contributed by atoms with E-state index in [-0.39, 0.29) is 23.8 Å². The van der Waals surface area contributed by atoms with Crippen molar-refractivity contribution in [3.05, 3.63) is 0 Å². The zero-order chi connectivity index (χ0) is 17.0. The Morgan fingerprint density at radius 1 is 1.04 bits per heavy atom. The third kappa shape index (κ3) is 4.93. The quantitative estimate of drug-likeness (QED) is 0.793. The lowest BCUT2D eigenvalue weighted by molar-refractivity contribution is -0.141. The molecule has 2 fully saturated rings. The molecule has 0 atom stereocenters. The monoisotopic (exact) mass is 323 g/mol. The van der Waals surface area contributed by atoms with E-state index in [1.165, 1.54) is 12.8 Å². The number of rotatable bonds is 4. The molecule has 0 spiro atoms. The Morgan fingerprint density at radius 2 is 1.61 bits per heavy atom. The summed E-state index contributed by atoms with van der Waals surface area (Å²) in [5.41, 5.74) is 0. The highest BCUT2D eigenvalue weighted by Crippen LogP contribution is 2.21. The van der Waals surface area contributed by atoms with Crippen molar-refractivity contribution in [2.24, 2.45) is 11.8 Å². The van der Waals surface area contributed by atoms with Crippen molar-refractivity contribution in [1.29, 1.82) is 0 Å². The van der Waals surface area contributed by atoms with Crippen LogP contribution in [0.15, 0.2) is 0 Å². The number of likely N-dealkylation sites (tertiary alicyclic amines) is 2. The first-order valence-corrected chi connectivity index (χ1v) is 9.15. The van der Waals surface area contributed by atoms with E-state index in [0.717, 1.165) is 44.9 Å². The molecule has 0 aromatic heterocycles. The maximum absolute atomic E-state index is 12.5. The van der Waals surface area contributed by atoms with Gasteiger partial charge in [-0.3, -0.25) is 14.5 Å². The minimum absolute atomic E-state index is 0.0855. The molecule has 0 aromatic carbocycles. The smallest absolute Gasteiger partial charge is 0.236 e. The van der Waals surface area contributed by atoms with Crippen LogP contribution in [0.1, 0.15) is 46.5 Å². The Bertz CT molecular complexity index is 408. The summed E-state index contributed by atoms with van der Waals surface area (Å²) in [4.78, 5) is 30.9. The van der Waals surface area contributed by atoms with Crippen molar-refractivity contribution >= 4 is 11.8 Å². The van der Waals surface area contributed by atoms with Crippen molar-refractivity contribution in [1.82, 2.24) is 14.7 Å². The van der Waals surface area contributed by atoms with E-state index in [0.29, 0.717) is 6.54 Å². The van der Waals surface area contributed by atoms with Crippen molar-refractivity contribution in [2.45, 2.75) is 52.5 Å². The number of nitrogens with zero attached hydrogens (tertiary/aromatic N) is 3. The molecule has 0 N–H and O–H groups in total. The third-order valence-corrected chi connectivity index (χ3v) is 5.55. The molecule has 0 bridgehead atoms. The summed E-state index contributed by atoms with van der Waals surface area (Å²) in [5.74, 6) is 1.35. The Hall–Kier alpha value is -1.10. The van der Waals surface area contributed by atoms with Gasteiger partial charge in [0.15, 0.2) is 0 Å². The first kappa shape index (κ1) is 18.2. The molecule has 23 heavy (non-hydrogen) atoms. The van der Waals surface area contributed by atoms with Gasteiger partial charge in [0.25, 0.3) is 0 Å². The maximum atomic E-state index is 12.5. The van der Waals surface area contributed by atoms with Crippen LogP contribution < -0.4 is 0 Å². The van der Waals surface area contributed by atoms with Crippen LogP contribution in [0.25, 0.3) is 0 Å². The number of carbonyl (C=O) groups excluding carboxylic acids is 2. The van der Waals surface area contributed by atoms with Crippen LogP contribution in [0.5, 0.6) is 0 Å². The summed E-state index contributed by atoms with van der Waals surface area (Å²) < 4.78 is 0. The fourth-order valence-corrected chi connectivity index (χ4v) is 3.43. The maximum Gasteiger partial charge on any atom is 0.236 e. The first-order valence-electron chi connectivity index (χ1n) is 9.15. The van der Waals surface area contributed by atoms with Gasteiger partial charge in [0, 0.05) is 32.1 Å². The molecule has 2 aliphatic rings. The topological polar surface area (TPSA) is 43.9 Å². The van der Waals surface area contributed by atoms with E-state index >= 15 is 0 Å². The van der Waals surface area contributed by atoms with Gasteiger partial charge in [-0.2, -0.15) is 0 Å². The second-order valence-electron chi connectivity index (χ2n) is 7.66. The first-order chi connectivity index (χ1) is 10.9. The van der Waals surface area contributed by atoms with Gasteiger partial charge >= 0.3 is 0 Å². The van der Waals surface area contributed by atoms with Crippen LogP contribution in [-0.2, 0) is 9.59 Å². The zero-order valence-corrected chi connectivity index (χ0v) is 15.3. The van der Waals surface area contributed by atoms with E-state index < -0.39 is 0 Å². The number of hydrogen-bond acceptors (Lipinski definition) is 3. The van der Waals surface area contributed by atoms with Gasteiger partial charge in [-0.25, -0.2) is 0 Å². The van der Waals surface area contributed by atoms with E-state index in [4.69, 9.17) is 0 Å². The summed E-state index contributed by atoms with van der Waals surface area (Å²) in [7, 11) is 1.88. The lowest BCUT2D eigenvalue weighted by Crippen LogP contribution is -2.48. The molecule has 0 aromatic rings. The predicted octanol–water partition coefficient (Wildman–Crippen LogP) is 1.82. The molecule has 0 saturated carbocycles. The van der Waals surface area contributed by atoms with Crippen LogP contribution in [0, 0.1) is 11.8 Å². The molecular formula is C18H33N3O2. The van der Waals surface area contributed by atoms with Gasteiger partial charge in [0.05, 0.1) is 6.54 Å². The number of hydrogen-bond donors (Lipinski definition) is 0. The normalized spacial score (nSPS) is 21.7. The highest BCUT2D eigenvalue weighted by atomic mass is 16.2. The summed E-state index contributed by atoms with van der Waals surface area (Å²) in [6, 6.07) is 0.239. The molecule has 5 heteroatoms. The molecule has 2 aliphatic heterocycles.